The highest BCUT2D eigenvalue weighted by molar-refractivity contribution is 8.01. The zero-order valence-electron chi connectivity index (χ0n) is 12.0. The Bertz CT molecular complexity index is 504. The third-order valence-electron chi connectivity index (χ3n) is 2.88. The molecule has 2 rings (SSSR count). The summed E-state index contributed by atoms with van der Waals surface area (Å²) in [7, 11) is 0. The van der Waals surface area contributed by atoms with E-state index >= 15 is 0 Å². The molecule has 3 N–H and O–H groups in total. The molecule has 1 aromatic rings. The SMILES string of the molecule is CC[C@@H](C)NC(=O)NC(=O)CSc1nnc(NC2CC2)s1. The number of nitrogens with one attached hydrogen (secondary N) is 3. The quantitative estimate of drug-likeness (QED) is 0.661. The average molecular weight is 329 g/mol. The maximum Gasteiger partial charge on any atom is 0.321 e. The molecule has 1 atom stereocenters. The van der Waals surface area contributed by atoms with E-state index < -0.39 is 6.03 Å². The predicted octanol–water partition coefficient (Wildman–Crippen LogP) is 1.83. The van der Waals surface area contributed by atoms with Gasteiger partial charge in [-0.1, -0.05) is 30.0 Å². The Morgan fingerprint density at radius 1 is 1.43 bits per heavy atom. The van der Waals surface area contributed by atoms with Gasteiger partial charge in [0.15, 0.2) is 4.34 Å². The first-order valence-electron chi connectivity index (χ1n) is 6.90. The van der Waals surface area contributed by atoms with Crippen LogP contribution in [-0.2, 0) is 4.79 Å². The van der Waals surface area contributed by atoms with Gasteiger partial charge in [0.1, 0.15) is 0 Å². The number of urea groups is 1. The lowest BCUT2D eigenvalue weighted by molar-refractivity contribution is -0.117. The number of imide groups is 1. The Hall–Kier alpha value is -1.35. The maximum absolute atomic E-state index is 11.6. The Balaban J connectivity index is 1.68. The molecule has 21 heavy (non-hydrogen) atoms. The average Bonchev–Trinajstić information content (AvgIpc) is 3.13. The second kappa shape index (κ2) is 7.60. The molecule has 1 aromatic heterocycles. The summed E-state index contributed by atoms with van der Waals surface area (Å²) in [6.45, 7) is 3.85. The van der Waals surface area contributed by atoms with Crippen LogP contribution in [0.5, 0.6) is 0 Å². The largest absolute Gasteiger partial charge is 0.357 e. The highest BCUT2D eigenvalue weighted by Gasteiger charge is 2.22. The molecule has 9 heteroatoms. The van der Waals surface area contributed by atoms with Gasteiger partial charge in [-0.25, -0.2) is 4.79 Å². The van der Waals surface area contributed by atoms with E-state index in [0.29, 0.717) is 6.04 Å². The molecule has 3 amide bonds. The molecule has 1 heterocycles. The van der Waals surface area contributed by atoms with Crippen molar-refractivity contribution in [2.24, 2.45) is 0 Å². The minimum atomic E-state index is -0.455. The first kappa shape index (κ1) is 16.0. The molecular weight excluding hydrogens is 310 g/mol. The van der Waals surface area contributed by atoms with E-state index in [1.807, 2.05) is 13.8 Å². The summed E-state index contributed by atoms with van der Waals surface area (Å²) in [6, 6.07) is 0.122. The molecule has 1 fully saturated rings. The summed E-state index contributed by atoms with van der Waals surface area (Å²) in [6.07, 6.45) is 3.17. The van der Waals surface area contributed by atoms with Crippen LogP contribution in [0.25, 0.3) is 0 Å². The highest BCUT2D eigenvalue weighted by atomic mass is 32.2. The van der Waals surface area contributed by atoms with Crippen molar-refractivity contribution in [3.05, 3.63) is 0 Å². The second-order valence-electron chi connectivity index (χ2n) is 4.91. The summed E-state index contributed by atoms with van der Waals surface area (Å²) in [4.78, 5) is 23.1. The predicted molar refractivity (Wildman–Crippen MR) is 83.7 cm³/mol. The van der Waals surface area contributed by atoms with Crippen molar-refractivity contribution in [3.63, 3.8) is 0 Å². The molecule has 1 saturated carbocycles. The lowest BCUT2D eigenvalue weighted by Crippen LogP contribution is -2.43. The number of aromatic nitrogens is 2. The van der Waals surface area contributed by atoms with Crippen molar-refractivity contribution in [2.45, 2.75) is 49.5 Å². The number of hydrogen-bond acceptors (Lipinski definition) is 7. The number of carbonyl (C=O) groups is 2. The van der Waals surface area contributed by atoms with E-state index in [1.165, 1.54) is 35.9 Å². The number of amides is 3. The zero-order valence-corrected chi connectivity index (χ0v) is 13.6. The number of anilines is 1. The Morgan fingerprint density at radius 3 is 2.86 bits per heavy atom. The van der Waals surface area contributed by atoms with E-state index in [2.05, 4.69) is 26.1 Å². The van der Waals surface area contributed by atoms with Gasteiger partial charge in [0.05, 0.1) is 5.75 Å². The van der Waals surface area contributed by atoms with Crippen molar-refractivity contribution in [3.8, 4) is 0 Å². The zero-order chi connectivity index (χ0) is 15.2. The monoisotopic (exact) mass is 329 g/mol. The van der Waals surface area contributed by atoms with Gasteiger partial charge in [0.25, 0.3) is 0 Å². The Kier molecular flexibility index (Phi) is 5.80. The van der Waals surface area contributed by atoms with Crippen molar-refractivity contribution in [1.82, 2.24) is 20.8 Å². The molecule has 0 aliphatic heterocycles. The normalized spacial score (nSPS) is 15.3. The van der Waals surface area contributed by atoms with Gasteiger partial charge < -0.3 is 10.6 Å². The minimum absolute atomic E-state index is 0.0460. The molecule has 0 saturated heterocycles. The molecular formula is C12H19N5O2S2. The standard InChI is InChI=1S/C12H19N5O2S2/c1-3-7(2)13-10(19)15-9(18)6-20-12-17-16-11(21-12)14-8-4-5-8/h7-8H,3-6H2,1-2H3,(H,14,16)(H2,13,15,18,19)/t7-/m1/s1. The summed E-state index contributed by atoms with van der Waals surface area (Å²) >= 11 is 2.70. The molecule has 1 aliphatic rings. The Morgan fingerprint density at radius 2 is 2.19 bits per heavy atom. The molecule has 0 aromatic carbocycles. The first-order valence-corrected chi connectivity index (χ1v) is 8.70. The van der Waals surface area contributed by atoms with Crippen molar-refractivity contribution in [1.29, 1.82) is 0 Å². The molecule has 0 bridgehead atoms. The molecule has 0 spiro atoms. The fourth-order valence-corrected chi connectivity index (χ4v) is 3.01. The van der Waals surface area contributed by atoms with Crippen LogP contribution < -0.4 is 16.0 Å². The minimum Gasteiger partial charge on any atom is -0.357 e. The molecule has 116 valence electrons. The number of carbonyl (C=O) groups excluding carboxylic acids is 2. The summed E-state index contributed by atoms with van der Waals surface area (Å²) < 4.78 is 0.718. The van der Waals surface area contributed by atoms with Gasteiger partial charge in [-0.2, -0.15) is 0 Å². The van der Waals surface area contributed by atoms with Gasteiger partial charge in [-0.05, 0) is 26.2 Å². The van der Waals surface area contributed by atoms with Gasteiger partial charge in [0.2, 0.25) is 11.0 Å². The van der Waals surface area contributed by atoms with E-state index in [1.54, 1.807) is 0 Å². The number of nitrogens with zero attached hydrogens (tertiary/aromatic N) is 2. The van der Waals surface area contributed by atoms with Gasteiger partial charge in [-0.3, -0.25) is 10.1 Å². The van der Waals surface area contributed by atoms with Crippen LogP contribution >= 0.6 is 23.1 Å². The van der Waals surface area contributed by atoms with Crippen LogP contribution in [0.15, 0.2) is 4.34 Å². The van der Waals surface area contributed by atoms with Crippen LogP contribution in [0, 0.1) is 0 Å². The summed E-state index contributed by atoms with van der Waals surface area (Å²) in [5.41, 5.74) is 0. The van der Waals surface area contributed by atoms with Crippen LogP contribution in [0.3, 0.4) is 0 Å². The number of hydrogen-bond donors (Lipinski definition) is 3. The van der Waals surface area contributed by atoms with Crippen LogP contribution in [0.2, 0.25) is 0 Å². The number of thioether (sulfide) groups is 1. The lowest BCUT2D eigenvalue weighted by Gasteiger charge is -2.11. The van der Waals surface area contributed by atoms with E-state index in [9.17, 15) is 9.59 Å². The Labute approximate surface area is 131 Å². The maximum atomic E-state index is 11.6. The topological polar surface area (TPSA) is 96.0 Å². The third kappa shape index (κ3) is 5.88. The fraction of sp³-hybridized carbons (Fsp3) is 0.667. The van der Waals surface area contributed by atoms with E-state index in [-0.39, 0.29) is 17.7 Å². The smallest absolute Gasteiger partial charge is 0.321 e. The van der Waals surface area contributed by atoms with Gasteiger partial charge in [0, 0.05) is 12.1 Å². The first-order chi connectivity index (χ1) is 10.1. The molecule has 0 radical (unpaired) electrons. The van der Waals surface area contributed by atoms with Crippen molar-refractivity contribution < 1.29 is 9.59 Å². The highest BCUT2D eigenvalue weighted by Crippen LogP contribution is 2.29. The van der Waals surface area contributed by atoms with Crippen LogP contribution in [-0.4, -0.2) is 40.0 Å². The van der Waals surface area contributed by atoms with Gasteiger partial charge >= 0.3 is 6.03 Å². The molecule has 7 nitrogen and oxygen atoms in total. The summed E-state index contributed by atoms with van der Waals surface area (Å²) in [5.74, 6) is -0.195. The molecule has 0 unspecified atom stereocenters. The third-order valence-corrected chi connectivity index (χ3v) is 4.87. The van der Waals surface area contributed by atoms with Crippen molar-refractivity contribution in [2.75, 3.05) is 11.1 Å². The summed E-state index contributed by atoms with van der Waals surface area (Å²) in [5, 5.41) is 17.0. The second-order valence-corrected chi connectivity index (χ2v) is 7.11. The van der Waals surface area contributed by atoms with Gasteiger partial charge in [-0.15, -0.1) is 10.2 Å². The van der Waals surface area contributed by atoms with Crippen LogP contribution in [0.4, 0.5) is 9.93 Å². The van der Waals surface area contributed by atoms with E-state index in [4.69, 9.17) is 0 Å². The van der Waals surface area contributed by atoms with Crippen LogP contribution in [0.1, 0.15) is 33.1 Å². The lowest BCUT2D eigenvalue weighted by atomic mass is 10.3. The fourth-order valence-electron chi connectivity index (χ4n) is 1.38. The van der Waals surface area contributed by atoms with Crippen molar-refractivity contribution >= 4 is 40.2 Å². The van der Waals surface area contributed by atoms with E-state index in [0.717, 1.165) is 15.9 Å². The molecule has 1 aliphatic carbocycles. The number of rotatable bonds is 7.